The summed E-state index contributed by atoms with van der Waals surface area (Å²) in [7, 11) is 0. The van der Waals surface area contributed by atoms with Gasteiger partial charge in [0.25, 0.3) is 0 Å². The van der Waals surface area contributed by atoms with Crippen LogP contribution in [-0.4, -0.2) is 23.2 Å². The molecular weight excluding hydrogens is 290 g/mol. The van der Waals surface area contributed by atoms with Gasteiger partial charge in [0, 0.05) is 12.5 Å². The molecule has 118 valence electrons. The van der Waals surface area contributed by atoms with Crippen molar-refractivity contribution in [3.8, 4) is 0 Å². The molecule has 0 aliphatic carbocycles. The van der Waals surface area contributed by atoms with Crippen LogP contribution in [0.15, 0.2) is 11.8 Å². The van der Waals surface area contributed by atoms with E-state index >= 15 is 0 Å². The van der Waals surface area contributed by atoms with Crippen LogP contribution in [0.4, 0.5) is 26.3 Å². The summed E-state index contributed by atoms with van der Waals surface area (Å²) in [6.07, 6.45) is -10.3. The third-order valence-corrected chi connectivity index (χ3v) is 3.03. The molecule has 0 bridgehead atoms. The Hall–Kier alpha value is -1.21. The second-order valence-electron chi connectivity index (χ2n) is 5.68. The van der Waals surface area contributed by atoms with E-state index in [1.54, 1.807) is 0 Å². The standard InChI is InChI=1S/C12H16F6O2/c1-9(2,11(13,14)15)6-7(19)5-8(20)10(3,4)12(16,17)18/h5,20H,6H2,1-4H3/b8-5-. The summed E-state index contributed by atoms with van der Waals surface area (Å²) < 4.78 is 75.3. The molecule has 0 saturated carbocycles. The summed E-state index contributed by atoms with van der Waals surface area (Å²) in [4.78, 5) is 11.4. The van der Waals surface area contributed by atoms with E-state index in [1.165, 1.54) is 0 Å². The summed E-state index contributed by atoms with van der Waals surface area (Å²) in [5, 5.41) is 9.32. The smallest absolute Gasteiger partial charge is 0.400 e. The molecule has 0 rings (SSSR count). The Bertz CT molecular complexity index is 401. The Morgan fingerprint density at radius 3 is 1.65 bits per heavy atom. The number of hydrogen-bond acceptors (Lipinski definition) is 2. The van der Waals surface area contributed by atoms with E-state index in [2.05, 4.69) is 0 Å². The molecule has 0 radical (unpaired) electrons. The van der Waals surface area contributed by atoms with Crippen LogP contribution < -0.4 is 0 Å². The van der Waals surface area contributed by atoms with Crippen molar-refractivity contribution in [2.75, 3.05) is 0 Å². The van der Waals surface area contributed by atoms with Crippen molar-refractivity contribution < 1.29 is 36.2 Å². The fraction of sp³-hybridized carbons (Fsp3) is 0.750. The van der Waals surface area contributed by atoms with Crippen molar-refractivity contribution in [2.45, 2.75) is 46.5 Å². The molecule has 0 unspecified atom stereocenters. The molecule has 0 amide bonds. The molecule has 0 fully saturated rings. The predicted molar refractivity (Wildman–Crippen MR) is 60.0 cm³/mol. The van der Waals surface area contributed by atoms with Crippen LogP contribution in [0.25, 0.3) is 0 Å². The third-order valence-electron chi connectivity index (χ3n) is 3.03. The number of rotatable bonds is 4. The molecule has 0 spiro atoms. The van der Waals surface area contributed by atoms with E-state index in [4.69, 9.17) is 0 Å². The minimum atomic E-state index is -4.83. The lowest BCUT2D eigenvalue weighted by Crippen LogP contribution is -2.36. The van der Waals surface area contributed by atoms with Crippen molar-refractivity contribution in [1.29, 1.82) is 0 Å². The van der Waals surface area contributed by atoms with Crippen LogP contribution in [0.3, 0.4) is 0 Å². The molecule has 1 N–H and O–H groups in total. The van der Waals surface area contributed by atoms with Crippen molar-refractivity contribution in [3.05, 3.63) is 11.8 Å². The molecular formula is C12H16F6O2. The highest BCUT2D eigenvalue weighted by atomic mass is 19.4. The van der Waals surface area contributed by atoms with Crippen LogP contribution in [0.2, 0.25) is 0 Å². The second kappa shape index (κ2) is 5.29. The number of alkyl halides is 6. The van der Waals surface area contributed by atoms with Gasteiger partial charge in [0.15, 0.2) is 5.78 Å². The van der Waals surface area contributed by atoms with Gasteiger partial charge in [0.1, 0.15) is 11.2 Å². The van der Waals surface area contributed by atoms with Gasteiger partial charge in [-0.1, -0.05) is 13.8 Å². The first-order valence-corrected chi connectivity index (χ1v) is 5.60. The summed E-state index contributed by atoms with van der Waals surface area (Å²) in [5.41, 5.74) is -5.09. The van der Waals surface area contributed by atoms with E-state index in [1.807, 2.05) is 0 Å². The van der Waals surface area contributed by atoms with Crippen LogP contribution in [0.1, 0.15) is 34.1 Å². The van der Waals surface area contributed by atoms with Gasteiger partial charge in [-0.05, 0) is 13.8 Å². The number of hydrogen-bond donors (Lipinski definition) is 1. The molecule has 0 saturated heterocycles. The van der Waals surface area contributed by atoms with Gasteiger partial charge in [-0.15, -0.1) is 0 Å². The Balaban J connectivity index is 5.15. The molecule has 2 nitrogen and oxygen atoms in total. The Morgan fingerprint density at radius 2 is 1.35 bits per heavy atom. The van der Waals surface area contributed by atoms with Crippen LogP contribution in [0, 0.1) is 10.8 Å². The summed E-state index contributed by atoms with van der Waals surface area (Å²) >= 11 is 0. The highest BCUT2D eigenvalue weighted by Crippen LogP contribution is 2.43. The first-order chi connectivity index (χ1) is 8.52. The van der Waals surface area contributed by atoms with E-state index in [-0.39, 0.29) is 6.08 Å². The van der Waals surface area contributed by atoms with E-state index < -0.39 is 41.1 Å². The van der Waals surface area contributed by atoms with Gasteiger partial charge in [-0.25, -0.2) is 0 Å². The zero-order valence-electron chi connectivity index (χ0n) is 11.4. The van der Waals surface area contributed by atoms with Gasteiger partial charge >= 0.3 is 12.4 Å². The average Bonchev–Trinajstić information content (AvgIpc) is 2.12. The maximum absolute atomic E-state index is 12.6. The monoisotopic (exact) mass is 306 g/mol. The molecule has 8 heteroatoms. The molecule has 0 aliphatic heterocycles. The molecule has 0 aliphatic rings. The van der Waals surface area contributed by atoms with Gasteiger partial charge in [-0.2, -0.15) is 26.3 Å². The normalized spacial score (nSPS) is 15.4. The fourth-order valence-corrected chi connectivity index (χ4v) is 1.06. The van der Waals surface area contributed by atoms with Gasteiger partial charge in [0.05, 0.1) is 5.41 Å². The topological polar surface area (TPSA) is 37.3 Å². The quantitative estimate of drug-likeness (QED) is 0.469. The molecule has 0 aromatic rings. The van der Waals surface area contributed by atoms with Gasteiger partial charge < -0.3 is 5.11 Å². The number of aliphatic hydroxyl groups excluding tert-OH is 1. The summed E-state index contributed by atoms with van der Waals surface area (Å²) in [6, 6.07) is 0. The van der Waals surface area contributed by atoms with E-state index in [0.717, 1.165) is 13.8 Å². The van der Waals surface area contributed by atoms with Crippen LogP contribution in [-0.2, 0) is 4.79 Å². The lowest BCUT2D eigenvalue weighted by Gasteiger charge is -2.28. The first kappa shape index (κ1) is 18.8. The van der Waals surface area contributed by atoms with Crippen molar-refractivity contribution in [1.82, 2.24) is 0 Å². The molecule has 0 heterocycles. The van der Waals surface area contributed by atoms with Gasteiger partial charge in [-0.3, -0.25) is 4.79 Å². The van der Waals surface area contributed by atoms with Crippen LogP contribution in [0.5, 0.6) is 0 Å². The number of allylic oxidation sites excluding steroid dienone is 2. The maximum atomic E-state index is 12.6. The molecule has 0 aromatic heterocycles. The molecule has 0 atom stereocenters. The Morgan fingerprint density at radius 1 is 0.950 bits per heavy atom. The number of carbonyl (C=O) groups excluding carboxylic acids is 1. The second-order valence-corrected chi connectivity index (χ2v) is 5.68. The van der Waals surface area contributed by atoms with Crippen molar-refractivity contribution in [3.63, 3.8) is 0 Å². The lowest BCUT2D eigenvalue weighted by molar-refractivity contribution is -0.213. The number of carbonyl (C=O) groups is 1. The minimum absolute atomic E-state index is 0.209. The Labute approximate surface area is 112 Å². The van der Waals surface area contributed by atoms with Crippen molar-refractivity contribution in [2.24, 2.45) is 10.8 Å². The fourth-order valence-electron chi connectivity index (χ4n) is 1.06. The first-order valence-electron chi connectivity index (χ1n) is 5.60. The van der Waals surface area contributed by atoms with Crippen LogP contribution >= 0.6 is 0 Å². The molecule has 20 heavy (non-hydrogen) atoms. The zero-order chi connectivity index (χ0) is 16.6. The number of halogens is 6. The highest BCUT2D eigenvalue weighted by molar-refractivity contribution is 5.90. The van der Waals surface area contributed by atoms with E-state index in [0.29, 0.717) is 13.8 Å². The summed E-state index contributed by atoms with van der Waals surface area (Å²) in [6.45, 7) is 2.76. The zero-order valence-corrected chi connectivity index (χ0v) is 11.4. The van der Waals surface area contributed by atoms with Gasteiger partial charge in [0.2, 0.25) is 0 Å². The minimum Gasteiger partial charge on any atom is -0.511 e. The number of aliphatic hydroxyl groups is 1. The maximum Gasteiger partial charge on any atom is 0.400 e. The summed E-state index contributed by atoms with van der Waals surface area (Å²) in [5.74, 6) is -2.53. The largest absolute Gasteiger partial charge is 0.511 e. The highest BCUT2D eigenvalue weighted by Gasteiger charge is 2.51. The SMILES string of the molecule is CC(C)(CC(=O)/C=C(\O)C(C)(C)C(F)(F)F)C(F)(F)F. The molecule has 0 aromatic carbocycles. The van der Waals surface area contributed by atoms with E-state index in [9.17, 15) is 36.2 Å². The van der Waals surface area contributed by atoms with Crippen molar-refractivity contribution >= 4 is 5.78 Å². The lowest BCUT2D eigenvalue weighted by atomic mass is 9.84. The predicted octanol–water partition coefficient (Wildman–Crippen LogP) is 4.56. The Kier molecular flexibility index (Phi) is 4.97. The number of ketones is 1. The third kappa shape index (κ3) is 4.14. The average molecular weight is 306 g/mol.